The van der Waals surface area contributed by atoms with Crippen molar-refractivity contribution in [2.75, 3.05) is 13.2 Å². The molecule has 0 spiro atoms. The standard InChI is InChI=1S/C45H58O5/c1-5-31(24-32-14-12-13-15-32)25-39(46)43-28-36-30(4)20-21-37(36)44(42-48-22-23-49-42)27-35(43)26-38(29(2)3)45(43,44)41(47)50-40(33-16-8-6-9-17-33)34-18-10-7-11-19-34/h5-11,16-19,26,29-32,35-37,39-40,42,46H,1,12-15,20-25,27-28H2,2-4H3/t30-,31+,35?,36-,37-,39?,43?,44?,45?/m1/s1. The van der Waals surface area contributed by atoms with Gasteiger partial charge in [0.25, 0.3) is 0 Å². The predicted molar refractivity (Wildman–Crippen MR) is 196 cm³/mol. The predicted octanol–water partition coefficient (Wildman–Crippen LogP) is 9.47. The Bertz CT molecular complexity index is 1520. The summed E-state index contributed by atoms with van der Waals surface area (Å²) in [5, 5.41) is 13.2. The smallest absolute Gasteiger partial charge is 0.318 e. The summed E-state index contributed by atoms with van der Waals surface area (Å²) in [7, 11) is 0. The second-order valence-electron chi connectivity index (χ2n) is 17.3. The Morgan fingerprint density at radius 1 is 0.960 bits per heavy atom. The second-order valence-corrected chi connectivity index (χ2v) is 17.3. The molecule has 9 atom stereocenters. The van der Waals surface area contributed by atoms with Crippen molar-refractivity contribution in [3.8, 4) is 0 Å². The molecule has 268 valence electrons. The van der Waals surface area contributed by atoms with Crippen LogP contribution in [0.5, 0.6) is 0 Å². The number of carbonyl (C=O) groups is 1. The average Bonchev–Trinajstić information content (AvgIpc) is 3.98. The topological polar surface area (TPSA) is 65.0 Å². The maximum absolute atomic E-state index is 16.2. The van der Waals surface area contributed by atoms with E-state index >= 15 is 4.79 Å². The molecule has 5 aliphatic carbocycles. The minimum atomic E-state index is -1.08. The van der Waals surface area contributed by atoms with Crippen LogP contribution in [-0.4, -0.2) is 36.7 Å². The van der Waals surface area contributed by atoms with Crippen molar-refractivity contribution < 1.29 is 24.1 Å². The highest BCUT2D eigenvalue weighted by molar-refractivity contribution is 5.87. The molecule has 4 saturated carbocycles. The zero-order valence-electron chi connectivity index (χ0n) is 30.5. The summed E-state index contributed by atoms with van der Waals surface area (Å²) < 4.78 is 20.4. The lowest BCUT2D eigenvalue weighted by Crippen LogP contribution is -2.68. The van der Waals surface area contributed by atoms with Crippen molar-refractivity contribution in [3.63, 3.8) is 0 Å². The van der Waals surface area contributed by atoms with Crippen molar-refractivity contribution in [2.24, 2.45) is 57.7 Å². The molecule has 1 heterocycles. The van der Waals surface area contributed by atoms with E-state index in [0.29, 0.717) is 37.4 Å². The molecule has 6 aliphatic rings. The lowest BCUT2D eigenvalue weighted by molar-refractivity contribution is -0.255. The fraction of sp³-hybridized carbons (Fsp3) is 0.622. The Kier molecular flexibility index (Phi) is 9.18. The lowest BCUT2D eigenvalue weighted by Gasteiger charge is -2.63. The number of esters is 1. The minimum Gasteiger partial charge on any atom is -0.452 e. The molecule has 5 fully saturated rings. The second kappa shape index (κ2) is 13.4. The minimum absolute atomic E-state index is 0.0388. The summed E-state index contributed by atoms with van der Waals surface area (Å²) in [4.78, 5) is 16.2. The van der Waals surface area contributed by atoms with Crippen LogP contribution in [0.3, 0.4) is 0 Å². The Hall–Kier alpha value is -2.73. The molecule has 5 unspecified atom stereocenters. The number of rotatable bonds is 12. The van der Waals surface area contributed by atoms with Crippen LogP contribution in [0.1, 0.15) is 102 Å². The van der Waals surface area contributed by atoms with Crippen molar-refractivity contribution in [2.45, 2.75) is 103 Å². The van der Waals surface area contributed by atoms with Crippen LogP contribution in [0, 0.1) is 57.7 Å². The first-order chi connectivity index (χ1) is 24.3. The van der Waals surface area contributed by atoms with Crippen LogP contribution < -0.4 is 0 Å². The van der Waals surface area contributed by atoms with Gasteiger partial charge in [-0.05, 0) is 84.7 Å². The molecule has 1 saturated heterocycles. The molecular formula is C45H58O5. The van der Waals surface area contributed by atoms with Gasteiger partial charge in [0.1, 0.15) is 5.41 Å². The number of aliphatic hydroxyl groups excluding tert-OH is 1. The highest BCUT2D eigenvalue weighted by Gasteiger charge is 2.88. The first-order valence-electron chi connectivity index (χ1n) is 19.8. The number of hydrogen-bond donors (Lipinski definition) is 1. The molecule has 5 nitrogen and oxygen atoms in total. The summed E-state index contributed by atoms with van der Waals surface area (Å²) in [5.41, 5.74) is 0.613. The molecule has 1 aliphatic heterocycles. The van der Waals surface area contributed by atoms with E-state index in [2.05, 4.69) is 63.8 Å². The number of ether oxygens (including phenoxy) is 3. The van der Waals surface area contributed by atoms with Crippen molar-refractivity contribution in [1.82, 2.24) is 0 Å². The summed E-state index contributed by atoms with van der Waals surface area (Å²) in [5.74, 6) is 1.97. The Balaban J connectivity index is 1.31. The lowest BCUT2D eigenvalue weighted by atomic mass is 9.40. The molecule has 0 aromatic heterocycles. The number of hydrogen-bond acceptors (Lipinski definition) is 5. The maximum Gasteiger partial charge on any atom is 0.318 e. The zero-order chi connectivity index (χ0) is 34.7. The molecule has 50 heavy (non-hydrogen) atoms. The van der Waals surface area contributed by atoms with Crippen LogP contribution in [0.2, 0.25) is 0 Å². The van der Waals surface area contributed by atoms with E-state index in [1.165, 1.54) is 25.7 Å². The third-order valence-corrected chi connectivity index (χ3v) is 14.8. The van der Waals surface area contributed by atoms with Gasteiger partial charge in [-0.15, -0.1) is 6.58 Å². The summed E-state index contributed by atoms with van der Waals surface area (Å²) in [6, 6.07) is 20.3. The molecule has 4 bridgehead atoms. The molecular weight excluding hydrogens is 620 g/mol. The Morgan fingerprint density at radius 3 is 2.20 bits per heavy atom. The van der Waals surface area contributed by atoms with E-state index in [4.69, 9.17) is 14.2 Å². The average molecular weight is 679 g/mol. The quantitative estimate of drug-likeness (QED) is 0.179. The number of fused-ring (bicyclic) bond motifs is 2. The van der Waals surface area contributed by atoms with Crippen LogP contribution in [-0.2, 0) is 19.0 Å². The van der Waals surface area contributed by atoms with Gasteiger partial charge in [0.15, 0.2) is 12.4 Å². The fourth-order valence-corrected chi connectivity index (χ4v) is 13.0. The van der Waals surface area contributed by atoms with Crippen LogP contribution in [0.15, 0.2) is 85.0 Å². The SMILES string of the molecule is C=C[C@@H](CC1CCCC1)CC(O)C12C[C@@H]3[C@H](C)CC[C@H]3C3(C4OCCO4)CC1C=C(C(C)C)C23C(=O)OC(c1ccccc1)c1ccccc1. The van der Waals surface area contributed by atoms with Gasteiger partial charge in [0.05, 0.1) is 19.3 Å². The van der Waals surface area contributed by atoms with Crippen LogP contribution >= 0.6 is 0 Å². The molecule has 1 N–H and O–H groups in total. The van der Waals surface area contributed by atoms with Crippen molar-refractivity contribution in [3.05, 3.63) is 96.1 Å². The molecule has 2 aromatic rings. The first kappa shape index (κ1) is 34.4. The van der Waals surface area contributed by atoms with E-state index < -0.39 is 34.7 Å². The monoisotopic (exact) mass is 678 g/mol. The van der Waals surface area contributed by atoms with Crippen LogP contribution in [0.4, 0.5) is 0 Å². The Morgan fingerprint density at radius 2 is 1.60 bits per heavy atom. The molecule has 8 rings (SSSR count). The van der Waals surface area contributed by atoms with Gasteiger partial charge < -0.3 is 19.3 Å². The van der Waals surface area contributed by atoms with Gasteiger partial charge in [-0.25, -0.2) is 0 Å². The highest BCUT2D eigenvalue weighted by atomic mass is 16.7. The fourth-order valence-electron chi connectivity index (χ4n) is 13.0. The third kappa shape index (κ3) is 4.92. The maximum atomic E-state index is 16.2. The number of carbonyl (C=O) groups excluding carboxylic acids is 1. The normalized spacial score (nSPS) is 36.2. The van der Waals surface area contributed by atoms with E-state index in [9.17, 15) is 5.11 Å². The Labute approximate surface area is 299 Å². The summed E-state index contributed by atoms with van der Waals surface area (Å²) in [6.07, 6.45) is 13.4. The highest BCUT2D eigenvalue weighted by Crippen LogP contribution is 2.85. The van der Waals surface area contributed by atoms with Gasteiger partial charge in [-0.3, -0.25) is 4.79 Å². The first-order valence-corrected chi connectivity index (χ1v) is 19.8. The molecule has 0 radical (unpaired) electrons. The van der Waals surface area contributed by atoms with E-state index in [1.54, 1.807) is 0 Å². The van der Waals surface area contributed by atoms with Gasteiger partial charge in [0, 0.05) is 10.8 Å². The van der Waals surface area contributed by atoms with Gasteiger partial charge in [-0.1, -0.05) is 131 Å². The number of aliphatic hydroxyl groups is 1. The van der Waals surface area contributed by atoms with Crippen LogP contribution in [0.25, 0.3) is 0 Å². The molecule has 5 heteroatoms. The van der Waals surface area contributed by atoms with Gasteiger partial charge in [-0.2, -0.15) is 0 Å². The van der Waals surface area contributed by atoms with Gasteiger partial charge in [0.2, 0.25) is 0 Å². The molecule has 0 amide bonds. The van der Waals surface area contributed by atoms with E-state index in [1.807, 2.05) is 36.4 Å². The number of benzene rings is 2. The van der Waals surface area contributed by atoms with Crippen molar-refractivity contribution in [1.29, 1.82) is 0 Å². The van der Waals surface area contributed by atoms with E-state index in [-0.39, 0.29) is 29.6 Å². The summed E-state index contributed by atoms with van der Waals surface area (Å²) in [6.45, 7) is 12.2. The van der Waals surface area contributed by atoms with Gasteiger partial charge >= 0.3 is 5.97 Å². The number of allylic oxidation sites excluding steroid dienone is 2. The largest absolute Gasteiger partial charge is 0.452 e. The molecule has 2 aromatic carbocycles. The van der Waals surface area contributed by atoms with Crippen molar-refractivity contribution >= 4 is 5.97 Å². The summed E-state index contributed by atoms with van der Waals surface area (Å²) >= 11 is 0. The van der Waals surface area contributed by atoms with E-state index in [0.717, 1.165) is 48.8 Å². The third-order valence-electron chi connectivity index (χ3n) is 14.8. The zero-order valence-corrected chi connectivity index (χ0v) is 30.5.